The number of hydrogen-bond acceptors (Lipinski definition) is 3. The molecule has 0 fully saturated rings. The van der Waals surface area contributed by atoms with Gasteiger partial charge in [-0.05, 0) is 4.53 Å². The highest BCUT2D eigenvalue weighted by Gasteiger charge is 1.95. The van der Waals surface area contributed by atoms with Gasteiger partial charge in [-0.15, -0.1) is 4.94 Å². The molecule has 48 valence electrons. The minimum Gasteiger partial charge on any atom is -0.182 e. The lowest BCUT2D eigenvalue weighted by atomic mass is 10.5. The largest absolute Gasteiger partial charge is 0.244 e. The van der Waals surface area contributed by atoms with E-state index in [4.69, 9.17) is 0 Å². The molecule has 5 heteroatoms. The van der Waals surface area contributed by atoms with Gasteiger partial charge in [-0.3, -0.25) is 0 Å². The smallest absolute Gasteiger partial charge is 0.182 e. The average molecular weight is 140 g/mol. The van der Waals surface area contributed by atoms with Crippen LogP contribution in [0.4, 0.5) is 4.53 Å². The Bertz CT molecular complexity index is 167. The van der Waals surface area contributed by atoms with Gasteiger partial charge < -0.3 is 0 Å². The van der Waals surface area contributed by atoms with Gasteiger partial charge in [0.05, 0.1) is 0 Å². The molecule has 0 amide bonds. The maximum absolute atomic E-state index is 11.0. The first-order valence-electron chi connectivity index (χ1n) is 1.96. The summed E-state index contributed by atoms with van der Waals surface area (Å²) < 4.78 is 30.5. The van der Waals surface area contributed by atoms with E-state index in [0.29, 0.717) is 0 Å². The highest BCUT2D eigenvalue weighted by molar-refractivity contribution is 7.72. The van der Waals surface area contributed by atoms with Gasteiger partial charge in [0.2, 0.25) is 15.3 Å². The van der Waals surface area contributed by atoms with Crippen LogP contribution in [0, 0.1) is 0 Å². The lowest BCUT2D eigenvalue weighted by Gasteiger charge is -1.82. The third-order valence-electron chi connectivity index (χ3n) is 0.561. The van der Waals surface area contributed by atoms with Crippen LogP contribution < -0.4 is 0 Å². The number of hydrogen-bond donors (Lipinski definition) is 0. The molecule has 0 aliphatic rings. The van der Waals surface area contributed by atoms with Crippen LogP contribution in [-0.2, 0) is 15.2 Å². The van der Waals surface area contributed by atoms with Crippen molar-refractivity contribution in [1.82, 2.24) is 0 Å². The SMILES string of the molecule is CCC(OF)=S(=O)=O. The molecule has 0 unspecified atom stereocenters. The highest BCUT2D eigenvalue weighted by Crippen LogP contribution is 1.84. The molecule has 0 N–H and O–H groups in total. The van der Waals surface area contributed by atoms with E-state index in [-0.39, 0.29) is 6.42 Å². The van der Waals surface area contributed by atoms with Crippen molar-refractivity contribution in [3.63, 3.8) is 0 Å². The summed E-state index contributed by atoms with van der Waals surface area (Å²) in [5.41, 5.74) is 0. The summed E-state index contributed by atoms with van der Waals surface area (Å²) in [6.45, 7) is 1.48. The molecule has 0 radical (unpaired) electrons. The van der Waals surface area contributed by atoms with Crippen molar-refractivity contribution in [1.29, 1.82) is 0 Å². The van der Waals surface area contributed by atoms with Gasteiger partial charge in [-0.25, -0.2) is 0 Å². The average Bonchev–Trinajstić information content (AvgIpc) is 1.69. The molecule has 0 saturated carbocycles. The van der Waals surface area contributed by atoms with E-state index in [0.717, 1.165) is 0 Å². The van der Waals surface area contributed by atoms with E-state index < -0.39 is 15.3 Å². The second-order valence-electron chi connectivity index (χ2n) is 1.04. The summed E-state index contributed by atoms with van der Waals surface area (Å²) >= 11 is 0. The van der Waals surface area contributed by atoms with E-state index in [1.54, 1.807) is 0 Å². The molecule has 0 heterocycles. The van der Waals surface area contributed by atoms with Crippen LogP contribution in [0.1, 0.15) is 13.3 Å². The summed E-state index contributed by atoms with van der Waals surface area (Å²) in [4.78, 5) is 2.96. The Morgan fingerprint density at radius 2 is 2.25 bits per heavy atom. The van der Waals surface area contributed by atoms with Crippen molar-refractivity contribution in [3.8, 4) is 0 Å². The zero-order valence-corrected chi connectivity index (χ0v) is 5.03. The highest BCUT2D eigenvalue weighted by atomic mass is 32.2. The van der Waals surface area contributed by atoms with E-state index in [1.165, 1.54) is 6.92 Å². The molecular weight excluding hydrogens is 135 g/mol. The predicted octanol–water partition coefficient (Wildman–Crippen LogP) is 0.307. The topological polar surface area (TPSA) is 43.4 Å². The summed E-state index contributed by atoms with van der Waals surface area (Å²) in [7, 11) is -2.53. The second-order valence-corrected chi connectivity index (χ2v) is 1.96. The van der Waals surface area contributed by atoms with Gasteiger partial charge >= 0.3 is 0 Å². The molecule has 3 nitrogen and oxygen atoms in total. The lowest BCUT2D eigenvalue weighted by Crippen LogP contribution is -1.95. The van der Waals surface area contributed by atoms with Crippen molar-refractivity contribution in [2.24, 2.45) is 0 Å². The molecule has 0 bridgehead atoms. The Balaban J connectivity index is 4.34. The molecule has 0 rings (SSSR count). The second kappa shape index (κ2) is 3.57. The van der Waals surface area contributed by atoms with Crippen LogP contribution in [0.5, 0.6) is 0 Å². The molecule has 0 aliphatic carbocycles. The lowest BCUT2D eigenvalue weighted by molar-refractivity contribution is -0.0225. The molecule has 0 saturated heterocycles. The fraction of sp³-hybridized carbons (Fsp3) is 0.667. The fourth-order valence-electron chi connectivity index (χ4n) is 0.198. The van der Waals surface area contributed by atoms with Gasteiger partial charge in [0.15, 0.2) is 0 Å². The summed E-state index contributed by atoms with van der Waals surface area (Å²) in [6.07, 6.45) is 0.0482. The predicted molar refractivity (Wildman–Crippen MR) is 26.4 cm³/mol. The summed E-state index contributed by atoms with van der Waals surface area (Å²) in [5, 5.41) is -0.565. The molecule has 0 aliphatic heterocycles. The molecule has 0 spiro atoms. The normalized spacial score (nSPS) is 8.75. The Morgan fingerprint density at radius 3 is 2.25 bits per heavy atom. The Hall–Kier alpha value is -0.420. The first kappa shape index (κ1) is 7.58. The van der Waals surface area contributed by atoms with E-state index in [1.807, 2.05) is 0 Å². The summed E-state index contributed by atoms with van der Waals surface area (Å²) in [6, 6.07) is 0. The van der Waals surface area contributed by atoms with Crippen molar-refractivity contribution in [3.05, 3.63) is 0 Å². The monoisotopic (exact) mass is 140 g/mol. The maximum atomic E-state index is 11.0. The van der Waals surface area contributed by atoms with Gasteiger partial charge in [0.25, 0.3) is 0 Å². The zero-order valence-electron chi connectivity index (χ0n) is 4.22. The maximum Gasteiger partial charge on any atom is 0.244 e. The Morgan fingerprint density at radius 1 is 1.75 bits per heavy atom. The van der Waals surface area contributed by atoms with E-state index in [9.17, 15) is 12.9 Å². The third kappa shape index (κ3) is 2.04. The van der Waals surface area contributed by atoms with Crippen LogP contribution >= 0.6 is 0 Å². The van der Waals surface area contributed by atoms with Crippen molar-refractivity contribution >= 4 is 15.3 Å². The molecular formula is C3H5FO3S. The molecule has 0 aromatic heterocycles. The fourth-order valence-corrected chi connectivity index (χ4v) is 0.485. The minimum atomic E-state index is -2.53. The molecule has 0 aromatic rings. The Kier molecular flexibility index (Phi) is 3.38. The molecule has 8 heavy (non-hydrogen) atoms. The Labute approximate surface area is 47.5 Å². The van der Waals surface area contributed by atoms with Crippen LogP contribution in [0.2, 0.25) is 0 Å². The van der Waals surface area contributed by atoms with Gasteiger partial charge in [0, 0.05) is 6.42 Å². The van der Waals surface area contributed by atoms with Crippen molar-refractivity contribution in [2.75, 3.05) is 0 Å². The number of halogens is 1. The third-order valence-corrected chi connectivity index (χ3v) is 1.28. The molecule has 0 aromatic carbocycles. The molecule has 0 atom stereocenters. The number of rotatable bonds is 1. The van der Waals surface area contributed by atoms with E-state index in [2.05, 4.69) is 4.94 Å². The van der Waals surface area contributed by atoms with Gasteiger partial charge in [-0.1, -0.05) is 6.92 Å². The van der Waals surface area contributed by atoms with Gasteiger partial charge in [-0.2, -0.15) is 8.42 Å². The van der Waals surface area contributed by atoms with Crippen molar-refractivity contribution < 1.29 is 17.9 Å². The van der Waals surface area contributed by atoms with Crippen LogP contribution in [0.15, 0.2) is 0 Å². The quantitative estimate of drug-likeness (QED) is 0.492. The van der Waals surface area contributed by atoms with Gasteiger partial charge in [0.1, 0.15) is 0 Å². The van der Waals surface area contributed by atoms with Crippen LogP contribution in [0.3, 0.4) is 0 Å². The minimum absolute atomic E-state index is 0.0482. The first-order valence-corrected chi connectivity index (χ1v) is 3.03. The summed E-state index contributed by atoms with van der Waals surface area (Å²) in [5.74, 6) is 0. The van der Waals surface area contributed by atoms with E-state index >= 15 is 0 Å². The zero-order chi connectivity index (χ0) is 6.57. The standard InChI is InChI=1S/C3H5FO3S/c1-2-3(7-4)8(5)6/h2H2,1H3. The van der Waals surface area contributed by atoms with Crippen LogP contribution in [0.25, 0.3) is 0 Å². The van der Waals surface area contributed by atoms with Crippen molar-refractivity contribution in [2.45, 2.75) is 13.3 Å². The van der Waals surface area contributed by atoms with Crippen LogP contribution in [-0.4, -0.2) is 13.5 Å². The first-order chi connectivity index (χ1) is 3.72.